The molecule has 0 spiro atoms. The molecule has 2 aliphatic heterocycles. The molecule has 0 radical (unpaired) electrons. The molecule has 1 fully saturated rings. The van der Waals surface area contributed by atoms with Crippen molar-refractivity contribution in [3.05, 3.63) is 59.7 Å². The van der Waals surface area contributed by atoms with Crippen molar-refractivity contribution in [2.24, 2.45) is 5.73 Å². The van der Waals surface area contributed by atoms with Gasteiger partial charge in [0.2, 0.25) is 5.06 Å². The number of ether oxygens (including phenoxy) is 1. The van der Waals surface area contributed by atoms with Gasteiger partial charge in [-0.25, -0.2) is 0 Å². The molecular formula is C23H29N3OS. The van der Waals surface area contributed by atoms with Gasteiger partial charge in [0.05, 0.1) is 12.3 Å². The van der Waals surface area contributed by atoms with Crippen molar-refractivity contribution in [2.75, 3.05) is 43.1 Å². The van der Waals surface area contributed by atoms with E-state index in [1.807, 2.05) is 0 Å². The third kappa shape index (κ3) is 3.66. The number of rotatable bonds is 7. The van der Waals surface area contributed by atoms with Crippen LogP contribution in [0, 0.1) is 0 Å². The van der Waals surface area contributed by atoms with Gasteiger partial charge < -0.3 is 20.3 Å². The topological polar surface area (TPSA) is 41.7 Å². The molecule has 1 unspecified atom stereocenters. The Hall–Kier alpha value is -1.95. The summed E-state index contributed by atoms with van der Waals surface area (Å²) in [5.41, 5.74) is 10.7. The number of benzene rings is 2. The molecule has 0 bridgehead atoms. The SMILES string of the molecule is CCCN(C)c1ccc(/C=C/C23OCCN2c2ccc(CCN)cc2S3)cc1. The van der Waals surface area contributed by atoms with Gasteiger partial charge in [-0.1, -0.05) is 43.0 Å². The van der Waals surface area contributed by atoms with E-state index in [0.717, 1.165) is 32.5 Å². The lowest BCUT2D eigenvalue weighted by atomic mass is 10.1. The molecule has 4 nitrogen and oxygen atoms in total. The number of thioether (sulfide) groups is 1. The van der Waals surface area contributed by atoms with Gasteiger partial charge in [0, 0.05) is 30.7 Å². The Morgan fingerprint density at radius 2 is 2.07 bits per heavy atom. The van der Waals surface area contributed by atoms with E-state index < -0.39 is 5.06 Å². The molecule has 5 heteroatoms. The van der Waals surface area contributed by atoms with E-state index in [0.29, 0.717) is 6.54 Å². The summed E-state index contributed by atoms with van der Waals surface area (Å²) < 4.78 is 6.23. The maximum atomic E-state index is 6.23. The maximum Gasteiger partial charge on any atom is 0.214 e. The first-order chi connectivity index (χ1) is 13.6. The predicted molar refractivity (Wildman–Crippen MR) is 120 cm³/mol. The summed E-state index contributed by atoms with van der Waals surface area (Å²) in [6.45, 7) is 5.63. The summed E-state index contributed by atoms with van der Waals surface area (Å²) in [4.78, 5) is 5.95. The minimum atomic E-state index is -0.429. The van der Waals surface area contributed by atoms with Crippen LogP contribution >= 0.6 is 11.8 Å². The van der Waals surface area contributed by atoms with E-state index in [9.17, 15) is 0 Å². The molecule has 0 saturated carbocycles. The first kappa shape index (κ1) is 19.4. The van der Waals surface area contributed by atoms with Crippen LogP contribution in [-0.2, 0) is 11.2 Å². The summed E-state index contributed by atoms with van der Waals surface area (Å²) in [7, 11) is 2.14. The minimum Gasteiger partial charge on any atom is -0.375 e. The Balaban J connectivity index is 1.53. The minimum absolute atomic E-state index is 0.429. The fourth-order valence-corrected chi connectivity index (χ4v) is 5.30. The van der Waals surface area contributed by atoms with E-state index >= 15 is 0 Å². The molecule has 2 N–H and O–H groups in total. The predicted octanol–water partition coefficient (Wildman–Crippen LogP) is 4.34. The molecule has 0 aliphatic carbocycles. The summed E-state index contributed by atoms with van der Waals surface area (Å²) in [6, 6.07) is 15.4. The highest BCUT2D eigenvalue weighted by molar-refractivity contribution is 8.01. The monoisotopic (exact) mass is 395 g/mol. The second kappa shape index (κ2) is 8.19. The highest BCUT2D eigenvalue weighted by Gasteiger charge is 2.47. The van der Waals surface area contributed by atoms with Crippen LogP contribution in [0.1, 0.15) is 24.5 Å². The smallest absolute Gasteiger partial charge is 0.214 e. The van der Waals surface area contributed by atoms with Gasteiger partial charge in [-0.3, -0.25) is 0 Å². The lowest BCUT2D eigenvalue weighted by Crippen LogP contribution is -2.36. The first-order valence-electron chi connectivity index (χ1n) is 10.1. The van der Waals surface area contributed by atoms with Crippen molar-refractivity contribution in [1.29, 1.82) is 0 Å². The van der Waals surface area contributed by atoms with E-state index in [1.54, 1.807) is 11.8 Å². The van der Waals surface area contributed by atoms with Crippen LogP contribution in [0.15, 0.2) is 53.4 Å². The maximum absolute atomic E-state index is 6.23. The van der Waals surface area contributed by atoms with Gasteiger partial charge in [0.15, 0.2) is 0 Å². The largest absolute Gasteiger partial charge is 0.375 e. The van der Waals surface area contributed by atoms with E-state index in [4.69, 9.17) is 10.5 Å². The van der Waals surface area contributed by atoms with Crippen LogP contribution in [0.25, 0.3) is 6.08 Å². The van der Waals surface area contributed by atoms with E-state index in [-0.39, 0.29) is 0 Å². The second-order valence-corrected chi connectivity index (χ2v) is 8.65. The van der Waals surface area contributed by atoms with Crippen molar-refractivity contribution in [1.82, 2.24) is 0 Å². The number of hydrogen-bond donors (Lipinski definition) is 1. The van der Waals surface area contributed by atoms with Crippen LogP contribution in [0.5, 0.6) is 0 Å². The molecule has 2 aromatic rings. The van der Waals surface area contributed by atoms with Crippen LogP contribution in [0.3, 0.4) is 0 Å². The van der Waals surface area contributed by atoms with Crippen molar-refractivity contribution < 1.29 is 4.74 Å². The zero-order valence-electron chi connectivity index (χ0n) is 16.7. The average molecular weight is 396 g/mol. The quantitative estimate of drug-likeness (QED) is 0.755. The van der Waals surface area contributed by atoms with Gasteiger partial charge in [-0.2, -0.15) is 0 Å². The van der Waals surface area contributed by atoms with Crippen LogP contribution < -0.4 is 15.5 Å². The van der Waals surface area contributed by atoms with E-state index in [2.05, 4.69) is 78.4 Å². The van der Waals surface area contributed by atoms with Crippen LogP contribution in [0.4, 0.5) is 11.4 Å². The first-order valence-corrected chi connectivity index (χ1v) is 10.9. The van der Waals surface area contributed by atoms with Crippen LogP contribution in [-0.4, -0.2) is 38.3 Å². The normalized spacial score (nSPS) is 20.6. The molecule has 0 amide bonds. The molecule has 0 aromatic heterocycles. The molecule has 2 aliphatic rings. The highest BCUT2D eigenvalue weighted by atomic mass is 32.2. The molecule has 2 heterocycles. The van der Waals surface area contributed by atoms with Crippen LogP contribution in [0.2, 0.25) is 0 Å². The van der Waals surface area contributed by atoms with Crippen molar-refractivity contribution >= 4 is 29.2 Å². The Morgan fingerprint density at radius 3 is 2.82 bits per heavy atom. The molecular weight excluding hydrogens is 366 g/mol. The van der Waals surface area contributed by atoms with Crippen molar-refractivity contribution in [3.63, 3.8) is 0 Å². The standard InChI is InChI=1S/C23H29N3OS/c1-3-14-25(2)20-7-4-18(5-8-20)10-12-23-26(15-16-27-23)21-9-6-19(11-13-24)17-22(21)28-23/h4-10,12,17H,3,11,13-16,24H2,1-2H3/b12-10+. The zero-order chi connectivity index (χ0) is 19.6. The fourth-order valence-electron chi connectivity index (χ4n) is 3.91. The molecule has 4 rings (SSSR count). The van der Waals surface area contributed by atoms with Crippen molar-refractivity contribution in [3.8, 4) is 0 Å². The number of nitrogens with two attached hydrogens (primary N) is 1. The van der Waals surface area contributed by atoms with Gasteiger partial charge in [0.25, 0.3) is 0 Å². The number of nitrogens with zero attached hydrogens (tertiary/aromatic N) is 2. The lowest BCUT2D eigenvalue weighted by Gasteiger charge is -2.27. The van der Waals surface area contributed by atoms with Gasteiger partial charge in [-0.15, -0.1) is 0 Å². The second-order valence-electron chi connectivity index (χ2n) is 7.42. The summed E-state index contributed by atoms with van der Waals surface area (Å²) >= 11 is 1.80. The average Bonchev–Trinajstić information content (AvgIpc) is 3.23. The Morgan fingerprint density at radius 1 is 1.25 bits per heavy atom. The Bertz CT molecular complexity index is 851. The molecule has 1 atom stereocenters. The Labute approximate surface area is 172 Å². The van der Waals surface area contributed by atoms with Crippen molar-refractivity contribution in [2.45, 2.75) is 29.7 Å². The van der Waals surface area contributed by atoms with Gasteiger partial charge >= 0.3 is 0 Å². The number of hydrogen-bond acceptors (Lipinski definition) is 5. The van der Waals surface area contributed by atoms with Gasteiger partial charge in [-0.05, 0) is 60.9 Å². The molecule has 1 saturated heterocycles. The summed E-state index contributed by atoms with van der Waals surface area (Å²) in [6.07, 6.45) is 6.45. The lowest BCUT2D eigenvalue weighted by molar-refractivity contribution is 0.123. The van der Waals surface area contributed by atoms with E-state index in [1.165, 1.54) is 27.4 Å². The summed E-state index contributed by atoms with van der Waals surface area (Å²) in [5, 5.41) is -0.429. The third-order valence-corrected chi connectivity index (χ3v) is 6.70. The van der Waals surface area contributed by atoms with Gasteiger partial charge in [0.1, 0.15) is 0 Å². The molecule has 2 aromatic carbocycles. The molecule has 148 valence electrons. The fraction of sp³-hybridized carbons (Fsp3) is 0.391. The zero-order valence-corrected chi connectivity index (χ0v) is 17.5. The highest BCUT2D eigenvalue weighted by Crippen LogP contribution is 2.54. The molecule has 28 heavy (non-hydrogen) atoms. The third-order valence-electron chi connectivity index (χ3n) is 5.38. The number of anilines is 2. The Kier molecular flexibility index (Phi) is 5.67. The summed E-state index contributed by atoms with van der Waals surface area (Å²) in [5.74, 6) is 0. The number of fused-ring (bicyclic) bond motifs is 3.